The Morgan fingerprint density at radius 2 is 2.31 bits per heavy atom. The number of rotatable bonds is 4. The molecule has 1 N–H and O–H groups in total. The van der Waals surface area contributed by atoms with Crippen LogP contribution in [0.4, 0.5) is 0 Å². The largest absolute Gasteiger partial charge is 0.339 e. The molecule has 1 unspecified atom stereocenters. The second-order valence-electron chi connectivity index (χ2n) is 6.29. The van der Waals surface area contributed by atoms with E-state index in [9.17, 15) is 9.59 Å². The number of aromatic nitrogens is 4. The number of hydrogen-bond donors (Lipinski definition) is 1. The van der Waals surface area contributed by atoms with Crippen molar-refractivity contribution in [3.05, 3.63) is 50.9 Å². The summed E-state index contributed by atoms with van der Waals surface area (Å²) in [7, 11) is 0. The number of aromatic amines is 1. The van der Waals surface area contributed by atoms with Gasteiger partial charge in [-0.15, -0.1) is 0 Å². The first kappa shape index (κ1) is 16.6. The number of piperidine rings is 1. The van der Waals surface area contributed by atoms with Gasteiger partial charge in [0.25, 0.3) is 11.5 Å². The van der Waals surface area contributed by atoms with Crippen LogP contribution in [0.15, 0.2) is 38.3 Å². The van der Waals surface area contributed by atoms with Crippen LogP contribution in [-0.4, -0.2) is 44.2 Å². The van der Waals surface area contributed by atoms with E-state index in [1.807, 2.05) is 16.8 Å². The summed E-state index contributed by atoms with van der Waals surface area (Å²) in [4.78, 5) is 29.9. The Balaban J connectivity index is 1.41. The highest BCUT2D eigenvalue weighted by Gasteiger charge is 2.27. The Kier molecular flexibility index (Phi) is 4.61. The zero-order valence-corrected chi connectivity index (χ0v) is 14.7. The maximum Gasteiger partial charge on any atom is 0.274 e. The molecule has 1 atom stereocenters. The summed E-state index contributed by atoms with van der Waals surface area (Å²) in [5.74, 6) is 1.27. The van der Waals surface area contributed by atoms with Crippen molar-refractivity contribution in [1.29, 1.82) is 0 Å². The van der Waals surface area contributed by atoms with Gasteiger partial charge < -0.3 is 9.42 Å². The number of carbonyl (C=O) groups excluding carboxylic acids is 1. The molecular formula is C17H17N5O3S. The molecule has 0 spiro atoms. The summed E-state index contributed by atoms with van der Waals surface area (Å²) in [6, 6.07) is 4.72. The standard InChI is InChI=1S/C17H17N5O3S/c23-14-4-3-13(19-20-14)17(24)22-6-1-2-11(9-22)8-15-18-16(21-25-15)12-5-7-26-10-12/h3-5,7,10-11H,1-2,6,8-9H2,(H,20,23). The van der Waals surface area contributed by atoms with Crippen molar-refractivity contribution in [3.63, 3.8) is 0 Å². The van der Waals surface area contributed by atoms with E-state index in [1.165, 1.54) is 12.1 Å². The molecule has 3 aromatic rings. The number of H-pyrrole nitrogens is 1. The monoisotopic (exact) mass is 371 g/mol. The van der Waals surface area contributed by atoms with Crippen LogP contribution in [0.2, 0.25) is 0 Å². The van der Waals surface area contributed by atoms with Crippen LogP contribution in [0, 0.1) is 5.92 Å². The van der Waals surface area contributed by atoms with E-state index in [-0.39, 0.29) is 23.1 Å². The fourth-order valence-corrected chi connectivity index (χ4v) is 3.77. The van der Waals surface area contributed by atoms with Crippen molar-refractivity contribution >= 4 is 17.2 Å². The first-order valence-electron chi connectivity index (χ1n) is 8.39. The van der Waals surface area contributed by atoms with Gasteiger partial charge in [0.2, 0.25) is 11.7 Å². The van der Waals surface area contributed by atoms with Crippen LogP contribution in [0.1, 0.15) is 29.2 Å². The van der Waals surface area contributed by atoms with Crippen LogP contribution in [0.25, 0.3) is 11.4 Å². The van der Waals surface area contributed by atoms with Gasteiger partial charge >= 0.3 is 0 Å². The molecule has 1 aliphatic heterocycles. The van der Waals surface area contributed by atoms with E-state index in [4.69, 9.17) is 4.52 Å². The average Bonchev–Trinajstić information content (AvgIpc) is 3.34. The Labute approximate surface area is 152 Å². The summed E-state index contributed by atoms with van der Waals surface area (Å²) in [5.41, 5.74) is 0.883. The van der Waals surface area contributed by atoms with Gasteiger partial charge in [-0.3, -0.25) is 9.59 Å². The minimum Gasteiger partial charge on any atom is -0.339 e. The second-order valence-corrected chi connectivity index (χ2v) is 7.07. The first-order valence-corrected chi connectivity index (χ1v) is 9.33. The smallest absolute Gasteiger partial charge is 0.274 e. The quantitative estimate of drug-likeness (QED) is 0.752. The van der Waals surface area contributed by atoms with Crippen LogP contribution in [-0.2, 0) is 6.42 Å². The molecule has 1 saturated heterocycles. The molecule has 0 aliphatic carbocycles. The Morgan fingerprint density at radius 1 is 1.38 bits per heavy atom. The predicted molar refractivity (Wildman–Crippen MR) is 94.8 cm³/mol. The number of likely N-dealkylation sites (tertiary alicyclic amines) is 1. The van der Waals surface area contributed by atoms with Crippen molar-refractivity contribution in [3.8, 4) is 11.4 Å². The average molecular weight is 371 g/mol. The fraction of sp³-hybridized carbons (Fsp3) is 0.353. The van der Waals surface area contributed by atoms with Crippen LogP contribution < -0.4 is 5.56 Å². The van der Waals surface area contributed by atoms with Crippen molar-refractivity contribution in [2.45, 2.75) is 19.3 Å². The van der Waals surface area contributed by atoms with Gasteiger partial charge in [-0.05, 0) is 36.3 Å². The van der Waals surface area contributed by atoms with Gasteiger partial charge in [0.05, 0.1) is 0 Å². The number of nitrogens with zero attached hydrogens (tertiary/aromatic N) is 4. The molecule has 26 heavy (non-hydrogen) atoms. The third-order valence-electron chi connectivity index (χ3n) is 4.42. The number of carbonyl (C=O) groups is 1. The summed E-state index contributed by atoms with van der Waals surface area (Å²) in [6.07, 6.45) is 2.55. The summed E-state index contributed by atoms with van der Waals surface area (Å²) in [5, 5.41) is 14.1. The summed E-state index contributed by atoms with van der Waals surface area (Å²) in [6.45, 7) is 1.29. The fourth-order valence-electron chi connectivity index (χ4n) is 3.14. The first-order chi connectivity index (χ1) is 12.7. The van der Waals surface area contributed by atoms with Gasteiger partial charge in [0.1, 0.15) is 5.69 Å². The molecule has 1 fully saturated rings. The molecule has 9 heteroatoms. The Bertz CT molecular complexity index is 929. The molecule has 4 heterocycles. The molecule has 134 valence electrons. The normalized spacial score (nSPS) is 17.4. The zero-order valence-electron chi connectivity index (χ0n) is 13.9. The van der Waals surface area contributed by atoms with Crippen LogP contribution in [0.3, 0.4) is 0 Å². The molecule has 1 aliphatic rings. The number of hydrogen-bond acceptors (Lipinski definition) is 7. The van der Waals surface area contributed by atoms with E-state index in [0.29, 0.717) is 31.2 Å². The molecule has 0 radical (unpaired) electrons. The topological polar surface area (TPSA) is 105 Å². The lowest BCUT2D eigenvalue weighted by Gasteiger charge is -2.31. The van der Waals surface area contributed by atoms with Crippen LogP contribution >= 0.6 is 11.3 Å². The lowest BCUT2D eigenvalue weighted by atomic mass is 9.94. The molecule has 8 nitrogen and oxygen atoms in total. The summed E-state index contributed by atoms with van der Waals surface area (Å²) >= 11 is 1.59. The van der Waals surface area contributed by atoms with Gasteiger partial charge in [-0.2, -0.15) is 21.4 Å². The molecule has 0 bridgehead atoms. The highest BCUT2D eigenvalue weighted by Crippen LogP contribution is 2.23. The molecule has 0 saturated carbocycles. The lowest BCUT2D eigenvalue weighted by Crippen LogP contribution is -2.41. The predicted octanol–water partition coefficient (Wildman–Crippen LogP) is 1.98. The minimum atomic E-state index is -0.323. The molecular weight excluding hydrogens is 354 g/mol. The third-order valence-corrected chi connectivity index (χ3v) is 5.10. The molecule has 3 aromatic heterocycles. The lowest BCUT2D eigenvalue weighted by molar-refractivity contribution is 0.0661. The van der Waals surface area contributed by atoms with Gasteiger partial charge in [0, 0.05) is 36.5 Å². The Morgan fingerprint density at radius 3 is 3.08 bits per heavy atom. The maximum absolute atomic E-state index is 12.6. The van der Waals surface area contributed by atoms with Crippen molar-refractivity contribution in [2.75, 3.05) is 13.1 Å². The number of thiophene rings is 1. The third kappa shape index (κ3) is 3.57. The van der Waals surface area contributed by atoms with E-state index in [0.717, 1.165) is 18.4 Å². The highest BCUT2D eigenvalue weighted by molar-refractivity contribution is 7.08. The maximum atomic E-state index is 12.6. The molecule has 4 rings (SSSR count). The van der Waals surface area contributed by atoms with Gasteiger partial charge in [-0.25, -0.2) is 5.10 Å². The minimum absolute atomic E-state index is 0.171. The molecule has 0 aromatic carbocycles. The van der Waals surface area contributed by atoms with Crippen LogP contribution in [0.5, 0.6) is 0 Å². The van der Waals surface area contributed by atoms with Crippen molar-refractivity contribution < 1.29 is 9.32 Å². The molecule has 1 amide bonds. The van der Waals surface area contributed by atoms with Gasteiger partial charge in [-0.1, -0.05) is 5.16 Å². The number of amides is 1. The van der Waals surface area contributed by atoms with E-state index >= 15 is 0 Å². The second kappa shape index (κ2) is 7.20. The van der Waals surface area contributed by atoms with Crippen molar-refractivity contribution in [2.24, 2.45) is 5.92 Å². The highest BCUT2D eigenvalue weighted by atomic mass is 32.1. The number of nitrogens with one attached hydrogen (secondary N) is 1. The SMILES string of the molecule is O=C(c1ccc(=O)[nH]n1)N1CCCC(Cc2nc(-c3ccsc3)no2)C1. The Hall–Kier alpha value is -2.81. The van der Waals surface area contributed by atoms with Gasteiger partial charge in [0.15, 0.2) is 0 Å². The van der Waals surface area contributed by atoms with E-state index < -0.39 is 0 Å². The summed E-state index contributed by atoms with van der Waals surface area (Å²) < 4.78 is 5.37. The van der Waals surface area contributed by atoms with E-state index in [2.05, 4.69) is 20.3 Å². The van der Waals surface area contributed by atoms with Crippen molar-refractivity contribution in [1.82, 2.24) is 25.2 Å². The van der Waals surface area contributed by atoms with E-state index in [1.54, 1.807) is 16.2 Å². The zero-order chi connectivity index (χ0) is 17.9.